The van der Waals surface area contributed by atoms with Gasteiger partial charge in [0.25, 0.3) is 0 Å². The molecule has 0 aromatic carbocycles. The van der Waals surface area contributed by atoms with Crippen molar-refractivity contribution in [2.75, 3.05) is 13.1 Å². The first-order chi connectivity index (χ1) is 8.22. The predicted molar refractivity (Wildman–Crippen MR) is 71.5 cm³/mol. The molecule has 1 N–H and O–H groups in total. The van der Waals surface area contributed by atoms with Crippen molar-refractivity contribution in [1.82, 2.24) is 15.1 Å². The van der Waals surface area contributed by atoms with Crippen LogP contribution in [0.5, 0.6) is 0 Å². The highest BCUT2D eigenvalue weighted by atomic mass is 35.5. The zero-order valence-corrected chi connectivity index (χ0v) is 11.6. The van der Waals surface area contributed by atoms with E-state index in [2.05, 4.69) is 17.3 Å². The lowest BCUT2D eigenvalue weighted by molar-refractivity contribution is 0.455. The predicted octanol–water partition coefficient (Wildman–Crippen LogP) is 2.57. The van der Waals surface area contributed by atoms with E-state index in [1.54, 1.807) is 0 Å². The molecule has 1 aliphatic rings. The van der Waals surface area contributed by atoms with Gasteiger partial charge in [0.2, 0.25) is 0 Å². The third-order valence-electron chi connectivity index (χ3n) is 3.68. The van der Waals surface area contributed by atoms with E-state index in [9.17, 15) is 0 Å². The van der Waals surface area contributed by atoms with Gasteiger partial charge in [0.05, 0.1) is 16.4 Å². The lowest BCUT2D eigenvalue weighted by Crippen LogP contribution is -2.15. The highest BCUT2D eigenvalue weighted by Crippen LogP contribution is 2.26. The molecule has 1 aliphatic heterocycles. The SMILES string of the molecule is CCc1nn(C)c(CC2CCCNCC2)c1Cl. The van der Waals surface area contributed by atoms with Crippen LogP contribution in [0, 0.1) is 5.92 Å². The molecular formula is C13H22ClN3. The van der Waals surface area contributed by atoms with Crippen LogP contribution in [0.25, 0.3) is 0 Å². The van der Waals surface area contributed by atoms with Gasteiger partial charge in [0.15, 0.2) is 0 Å². The third-order valence-corrected chi connectivity index (χ3v) is 4.12. The standard InChI is InChI=1S/C13H22ClN3/c1-3-11-13(14)12(17(2)16-11)9-10-5-4-7-15-8-6-10/h10,15H,3-9H2,1-2H3. The summed E-state index contributed by atoms with van der Waals surface area (Å²) in [6.45, 7) is 4.41. The van der Waals surface area contributed by atoms with Gasteiger partial charge in [-0.25, -0.2) is 0 Å². The number of aromatic nitrogens is 2. The van der Waals surface area contributed by atoms with E-state index in [0.717, 1.165) is 42.6 Å². The lowest BCUT2D eigenvalue weighted by atomic mass is 9.95. The fourth-order valence-corrected chi connectivity index (χ4v) is 2.98. The number of hydrogen-bond acceptors (Lipinski definition) is 2. The quantitative estimate of drug-likeness (QED) is 0.900. The molecule has 0 spiro atoms. The van der Waals surface area contributed by atoms with Crippen molar-refractivity contribution < 1.29 is 0 Å². The Morgan fingerprint density at radius 1 is 1.41 bits per heavy atom. The van der Waals surface area contributed by atoms with Gasteiger partial charge in [-0.2, -0.15) is 5.10 Å². The fraction of sp³-hybridized carbons (Fsp3) is 0.769. The minimum absolute atomic E-state index is 0.752. The van der Waals surface area contributed by atoms with E-state index in [1.807, 2.05) is 11.7 Å². The van der Waals surface area contributed by atoms with Crippen molar-refractivity contribution in [3.63, 3.8) is 0 Å². The molecule has 4 heteroatoms. The Kier molecular flexibility index (Phi) is 4.46. The van der Waals surface area contributed by atoms with E-state index in [4.69, 9.17) is 11.6 Å². The van der Waals surface area contributed by atoms with Crippen molar-refractivity contribution in [3.05, 3.63) is 16.4 Å². The van der Waals surface area contributed by atoms with Crippen LogP contribution in [-0.4, -0.2) is 22.9 Å². The average molecular weight is 256 g/mol. The molecule has 17 heavy (non-hydrogen) atoms. The van der Waals surface area contributed by atoms with Gasteiger partial charge in [-0.15, -0.1) is 0 Å². The van der Waals surface area contributed by atoms with Gasteiger partial charge >= 0.3 is 0 Å². The maximum absolute atomic E-state index is 6.39. The number of rotatable bonds is 3. The first-order valence-corrected chi connectivity index (χ1v) is 7.01. The van der Waals surface area contributed by atoms with E-state index in [0.29, 0.717) is 0 Å². The van der Waals surface area contributed by atoms with E-state index in [1.165, 1.54) is 25.0 Å². The number of halogens is 1. The fourth-order valence-electron chi connectivity index (χ4n) is 2.61. The first-order valence-electron chi connectivity index (χ1n) is 6.63. The summed E-state index contributed by atoms with van der Waals surface area (Å²) >= 11 is 6.39. The lowest BCUT2D eigenvalue weighted by Gasteiger charge is -2.13. The normalized spacial score (nSPS) is 21.5. The van der Waals surface area contributed by atoms with Gasteiger partial charge in [0.1, 0.15) is 0 Å². The number of nitrogens with one attached hydrogen (secondary N) is 1. The molecule has 1 aromatic rings. The van der Waals surface area contributed by atoms with Crippen molar-refractivity contribution >= 4 is 11.6 Å². The van der Waals surface area contributed by atoms with Gasteiger partial charge < -0.3 is 5.32 Å². The van der Waals surface area contributed by atoms with Crippen LogP contribution in [0.15, 0.2) is 0 Å². The molecular weight excluding hydrogens is 234 g/mol. The summed E-state index contributed by atoms with van der Waals surface area (Å²) in [7, 11) is 2.01. The molecule has 0 amide bonds. The van der Waals surface area contributed by atoms with Gasteiger partial charge in [-0.05, 0) is 51.1 Å². The molecule has 1 fully saturated rings. The Labute approximate surface area is 109 Å². The molecule has 0 saturated carbocycles. The van der Waals surface area contributed by atoms with Gasteiger partial charge in [0, 0.05) is 7.05 Å². The van der Waals surface area contributed by atoms with Crippen LogP contribution in [0.1, 0.15) is 37.6 Å². The number of nitrogens with zero attached hydrogens (tertiary/aromatic N) is 2. The molecule has 1 unspecified atom stereocenters. The minimum atomic E-state index is 0.752. The van der Waals surface area contributed by atoms with E-state index >= 15 is 0 Å². The Balaban J connectivity index is 2.09. The smallest absolute Gasteiger partial charge is 0.0849 e. The molecule has 0 aliphatic carbocycles. The molecule has 1 saturated heterocycles. The van der Waals surface area contributed by atoms with Crippen LogP contribution in [0.2, 0.25) is 5.02 Å². The Morgan fingerprint density at radius 3 is 2.94 bits per heavy atom. The van der Waals surface area contributed by atoms with E-state index in [-0.39, 0.29) is 0 Å². The monoisotopic (exact) mass is 255 g/mol. The van der Waals surface area contributed by atoms with Gasteiger partial charge in [-0.3, -0.25) is 4.68 Å². The summed E-state index contributed by atoms with van der Waals surface area (Å²) in [5, 5.41) is 8.84. The topological polar surface area (TPSA) is 29.9 Å². The molecule has 3 nitrogen and oxygen atoms in total. The Bertz CT molecular complexity index is 365. The molecule has 96 valence electrons. The number of aryl methyl sites for hydroxylation is 2. The average Bonchev–Trinajstić information content (AvgIpc) is 2.53. The van der Waals surface area contributed by atoms with Crippen molar-refractivity contribution in [2.24, 2.45) is 13.0 Å². The maximum Gasteiger partial charge on any atom is 0.0849 e. The van der Waals surface area contributed by atoms with Gasteiger partial charge in [-0.1, -0.05) is 18.5 Å². The second-order valence-electron chi connectivity index (χ2n) is 4.94. The Morgan fingerprint density at radius 2 is 2.24 bits per heavy atom. The third kappa shape index (κ3) is 3.02. The Hall–Kier alpha value is -0.540. The molecule has 0 radical (unpaired) electrons. The summed E-state index contributed by atoms with van der Waals surface area (Å²) in [4.78, 5) is 0. The molecule has 1 atom stereocenters. The molecule has 2 rings (SSSR count). The second kappa shape index (κ2) is 5.87. The zero-order chi connectivity index (χ0) is 12.3. The molecule has 1 aromatic heterocycles. The minimum Gasteiger partial charge on any atom is -0.317 e. The van der Waals surface area contributed by atoms with Crippen LogP contribution in [0.4, 0.5) is 0 Å². The number of hydrogen-bond donors (Lipinski definition) is 1. The summed E-state index contributed by atoms with van der Waals surface area (Å²) < 4.78 is 1.97. The van der Waals surface area contributed by atoms with Crippen molar-refractivity contribution in [2.45, 2.75) is 39.0 Å². The maximum atomic E-state index is 6.39. The van der Waals surface area contributed by atoms with Crippen LogP contribution < -0.4 is 5.32 Å². The second-order valence-corrected chi connectivity index (χ2v) is 5.31. The summed E-state index contributed by atoms with van der Waals surface area (Å²) in [5.74, 6) is 0.752. The largest absolute Gasteiger partial charge is 0.317 e. The zero-order valence-electron chi connectivity index (χ0n) is 10.8. The first kappa shape index (κ1) is 12.9. The molecule has 2 heterocycles. The summed E-state index contributed by atoms with van der Waals surface area (Å²) in [6, 6.07) is 0. The highest BCUT2D eigenvalue weighted by molar-refractivity contribution is 6.31. The van der Waals surface area contributed by atoms with Crippen LogP contribution >= 0.6 is 11.6 Å². The summed E-state index contributed by atoms with van der Waals surface area (Å²) in [5.41, 5.74) is 2.26. The highest BCUT2D eigenvalue weighted by Gasteiger charge is 2.18. The van der Waals surface area contributed by atoms with Crippen molar-refractivity contribution in [1.29, 1.82) is 0 Å². The molecule has 0 bridgehead atoms. The summed E-state index contributed by atoms with van der Waals surface area (Å²) in [6.07, 6.45) is 5.82. The van der Waals surface area contributed by atoms with Crippen LogP contribution in [0.3, 0.4) is 0 Å². The van der Waals surface area contributed by atoms with Crippen molar-refractivity contribution in [3.8, 4) is 0 Å². The van der Waals surface area contributed by atoms with Crippen LogP contribution in [-0.2, 0) is 19.9 Å². The van der Waals surface area contributed by atoms with E-state index < -0.39 is 0 Å².